The summed E-state index contributed by atoms with van der Waals surface area (Å²) in [7, 11) is -3.62. The normalized spacial score (nSPS) is 17.2. The van der Waals surface area contributed by atoms with Gasteiger partial charge in [0.25, 0.3) is 0 Å². The van der Waals surface area contributed by atoms with E-state index in [0.717, 1.165) is 16.7 Å². The Kier molecular flexibility index (Phi) is 4.66. The number of hydrogen-bond donors (Lipinski definition) is 3. The number of carboxylic acid groups (broad SMARTS) is 1. The first-order valence-electron chi connectivity index (χ1n) is 7.57. The lowest BCUT2D eigenvalue weighted by atomic mass is 9.96. The summed E-state index contributed by atoms with van der Waals surface area (Å²) in [5.41, 5.74) is 2.56. The Morgan fingerprint density at radius 2 is 1.92 bits per heavy atom. The van der Waals surface area contributed by atoms with Crippen LogP contribution >= 0.6 is 0 Å². The molecule has 1 aliphatic heterocycles. The van der Waals surface area contributed by atoms with E-state index in [1.54, 1.807) is 12.1 Å². The van der Waals surface area contributed by atoms with Crippen LogP contribution in [0.15, 0.2) is 53.4 Å². The van der Waals surface area contributed by atoms with Crippen molar-refractivity contribution in [3.8, 4) is 0 Å². The minimum Gasteiger partial charge on any atom is -0.480 e. The molecular weight excluding hydrogens is 328 g/mol. The summed E-state index contributed by atoms with van der Waals surface area (Å²) in [5.74, 6) is -0.901. The van der Waals surface area contributed by atoms with Gasteiger partial charge in [0.2, 0.25) is 10.0 Å². The zero-order valence-electron chi connectivity index (χ0n) is 12.9. The Morgan fingerprint density at radius 3 is 2.62 bits per heavy atom. The van der Waals surface area contributed by atoms with E-state index < -0.39 is 22.0 Å². The first-order chi connectivity index (χ1) is 11.5. The third kappa shape index (κ3) is 3.64. The minimum absolute atomic E-state index is 0.188. The van der Waals surface area contributed by atoms with Crippen LogP contribution in [-0.4, -0.2) is 25.5 Å². The molecule has 7 heteroatoms. The molecule has 2 aromatic carbocycles. The molecule has 0 spiro atoms. The van der Waals surface area contributed by atoms with Gasteiger partial charge in [0.05, 0.1) is 4.90 Å². The van der Waals surface area contributed by atoms with Crippen molar-refractivity contribution in [1.82, 2.24) is 10.0 Å². The van der Waals surface area contributed by atoms with Crippen LogP contribution in [0.2, 0.25) is 0 Å². The average molecular weight is 346 g/mol. The van der Waals surface area contributed by atoms with Gasteiger partial charge in [-0.25, -0.2) is 13.1 Å². The number of aliphatic carboxylic acids is 1. The maximum Gasteiger partial charge on any atom is 0.321 e. The fourth-order valence-corrected chi connectivity index (χ4v) is 3.76. The van der Waals surface area contributed by atoms with Crippen LogP contribution in [0.5, 0.6) is 0 Å². The van der Waals surface area contributed by atoms with Gasteiger partial charge in [-0.2, -0.15) is 0 Å². The zero-order chi connectivity index (χ0) is 17.2. The Hall–Kier alpha value is -2.22. The molecule has 0 radical (unpaired) electrons. The molecule has 0 saturated heterocycles. The number of benzene rings is 2. The molecule has 0 aliphatic carbocycles. The van der Waals surface area contributed by atoms with E-state index >= 15 is 0 Å². The molecule has 6 nitrogen and oxygen atoms in total. The Balaban J connectivity index is 1.76. The predicted octanol–water partition coefficient (Wildman–Crippen LogP) is 1.26. The van der Waals surface area contributed by atoms with Crippen LogP contribution < -0.4 is 10.0 Å². The van der Waals surface area contributed by atoms with Crippen molar-refractivity contribution in [2.24, 2.45) is 0 Å². The molecule has 0 bridgehead atoms. The Labute approximate surface area is 140 Å². The number of rotatable bonds is 5. The van der Waals surface area contributed by atoms with Crippen LogP contribution in [0.3, 0.4) is 0 Å². The summed E-state index contributed by atoms with van der Waals surface area (Å²) < 4.78 is 27.5. The summed E-state index contributed by atoms with van der Waals surface area (Å²) >= 11 is 0. The Bertz CT molecular complexity index is 850. The molecule has 0 aromatic heterocycles. The van der Waals surface area contributed by atoms with Crippen molar-refractivity contribution < 1.29 is 18.3 Å². The maximum absolute atomic E-state index is 12.4. The van der Waals surface area contributed by atoms with E-state index in [1.165, 1.54) is 6.07 Å². The SMILES string of the molecule is O=C(O)[C@@H]1Cc2ccc(S(=O)(=O)NCc3ccccc3)cc2CN1. The maximum atomic E-state index is 12.4. The van der Waals surface area contributed by atoms with Gasteiger partial charge in [-0.05, 0) is 35.2 Å². The third-order valence-corrected chi connectivity index (χ3v) is 5.46. The number of nitrogens with one attached hydrogen (secondary N) is 2. The molecule has 126 valence electrons. The lowest BCUT2D eigenvalue weighted by Crippen LogP contribution is -2.41. The van der Waals surface area contributed by atoms with E-state index in [2.05, 4.69) is 10.0 Å². The van der Waals surface area contributed by atoms with Crippen molar-refractivity contribution in [2.75, 3.05) is 0 Å². The second kappa shape index (κ2) is 6.72. The van der Waals surface area contributed by atoms with Gasteiger partial charge in [-0.15, -0.1) is 0 Å². The lowest BCUT2D eigenvalue weighted by Gasteiger charge is -2.23. The van der Waals surface area contributed by atoms with Crippen molar-refractivity contribution >= 4 is 16.0 Å². The summed E-state index contributed by atoms with van der Waals surface area (Å²) in [6, 6.07) is 13.5. The lowest BCUT2D eigenvalue weighted by molar-refractivity contribution is -0.139. The molecule has 0 fully saturated rings. The smallest absolute Gasteiger partial charge is 0.321 e. The van der Waals surface area contributed by atoms with Crippen LogP contribution in [0, 0.1) is 0 Å². The molecule has 2 aromatic rings. The highest BCUT2D eigenvalue weighted by Gasteiger charge is 2.25. The van der Waals surface area contributed by atoms with Crippen LogP contribution in [-0.2, 0) is 34.3 Å². The van der Waals surface area contributed by atoms with Crippen LogP contribution in [0.1, 0.15) is 16.7 Å². The van der Waals surface area contributed by atoms with Gasteiger partial charge in [0.1, 0.15) is 6.04 Å². The second-order valence-corrected chi connectivity index (χ2v) is 7.48. The first-order valence-corrected chi connectivity index (χ1v) is 9.05. The minimum atomic E-state index is -3.62. The molecule has 0 amide bonds. The molecule has 24 heavy (non-hydrogen) atoms. The fourth-order valence-electron chi connectivity index (χ4n) is 2.69. The first kappa shape index (κ1) is 16.6. The zero-order valence-corrected chi connectivity index (χ0v) is 13.7. The van der Waals surface area contributed by atoms with Crippen molar-refractivity contribution in [1.29, 1.82) is 0 Å². The van der Waals surface area contributed by atoms with E-state index in [-0.39, 0.29) is 11.4 Å². The molecular formula is C17H18N2O4S. The number of hydrogen-bond acceptors (Lipinski definition) is 4. The van der Waals surface area contributed by atoms with Gasteiger partial charge >= 0.3 is 5.97 Å². The number of fused-ring (bicyclic) bond motifs is 1. The Morgan fingerprint density at radius 1 is 1.17 bits per heavy atom. The summed E-state index contributed by atoms with van der Waals surface area (Å²) in [4.78, 5) is 11.2. The quantitative estimate of drug-likeness (QED) is 0.758. The van der Waals surface area contributed by atoms with Gasteiger partial charge < -0.3 is 10.4 Å². The van der Waals surface area contributed by atoms with E-state index in [4.69, 9.17) is 5.11 Å². The van der Waals surface area contributed by atoms with Gasteiger partial charge in [-0.3, -0.25) is 4.79 Å². The standard InChI is InChI=1S/C17H18N2O4S/c20-17(21)16-9-13-6-7-15(8-14(13)11-18-16)24(22,23)19-10-12-4-2-1-3-5-12/h1-8,16,18-19H,9-11H2,(H,20,21)/t16-/m0/s1. The highest BCUT2D eigenvalue weighted by molar-refractivity contribution is 7.89. The largest absolute Gasteiger partial charge is 0.480 e. The monoisotopic (exact) mass is 346 g/mol. The number of carboxylic acids is 1. The predicted molar refractivity (Wildman–Crippen MR) is 88.9 cm³/mol. The van der Waals surface area contributed by atoms with Crippen LogP contribution in [0.25, 0.3) is 0 Å². The van der Waals surface area contributed by atoms with Crippen molar-refractivity contribution in [3.63, 3.8) is 0 Å². The van der Waals surface area contributed by atoms with E-state index in [0.29, 0.717) is 13.0 Å². The summed E-state index contributed by atoms with van der Waals surface area (Å²) in [5, 5.41) is 12.0. The molecule has 1 aliphatic rings. The number of sulfonamides is 1. The van der Waals surface area contributed by atoms with E-state index in [9.17, 15) is 13.2 Å². The summed E-state index contributed by atoms with van der Waals surface area (Å²) in [6.45, 7) is 0.563. The van der Waals surface area contributed by atoms with Gasteiger partial charge in [-0.1, -0.05) is 36.4 Å². The average Bonchev–Trinajstić information content (AvgIpc) is 2.60. The highest BCUT2D eigenvalue weighted by atomic mass is 32.2. The van der Waals surface area contributed by atoms with Crippen molar-refractivity contribution in [3.05, 3.63) is 65.2 Å². The van der Waals surface area contributed by atoms with Gasteiger partial charge in [0, 0.05) is 13.1 Å². The fraction of sp³-hybridized carbons (Fsp3) is 0.235. The summed E-state index contributed by atoms with van der Waals surface area (Å²) in [6.07, 6.45) is 0.350. The molecule has 1 heterocycles. The van der Waals surface area contributed by atoms with E-state index in [1.807, 2.05) is 30.3 Å². The third-order valence-electron chi connectivity index (χ3n) is 4.06. The van der Waals surface area contributed by atoms with Crippen LogP contribution in [0.4, 0.5) is 0 Å². The molecule has 3 rings (SSSR count). The molecule has 0 saturated carbocycles. The molecule has 0 unspecified atom stereocenters. The van der Waals surface area contributed by atoms with Gasteiger partial charge in [0.15, 0.2) is 0 Å². The van der Waals surface area contributed by atoms with Crippen molar-refractivity contribution in [2.45, 2.75) is 30.4 Å². The molecule has 1 atom stereocenters. The number of carbonyl (C=O) groups is 1. The second-order valence-electron chi connectivity index (χ2n) is 5.72. The molecule has 3 N–H and O–H groups in total. The highest BCUT2D eigenvalue weighted by Crippen LogP contribution is 2.21. The topological polar surface area (TPSA) is 95.5 Å².